The maximum absolute atomic E-state index is 12.7. The Morgan fingerprint density at radius 2 is 1.84 bits per heavy atom. The van der Waals surface area contributed by atoms with E-state index < -0.39 is 5.60 Å². The van der Waals surface area contributed by atoms with Crippen LogP contribution in [-0.2, 0) is 22.5 Å². The SMILES string of the molecule is CC.CCC(C)N(CCC(=O)Nc1sc2c(c1C)CCN(C(C)C)C2)C(=O)OC(C)(C)C. The molecule has 0 radical (unpaired) electrons. The first-order valence-electron chi connectivity index (χ1n) is 12.1. The first-order valence-corrected chi connectivity index (χ1v) is 12.9. The number of hydrogen-bond donors (Lipinski definition) is 1. The molecule has 2 rings (SSSR count). The van der Waals surface area contributed by atoms with E-state index in [0.29, 0.717) is 12.6 Å². The number of nitrogens with zero attached hydrogens (tertiary/aromatic N) is 2. The summed E-state index contributed by atoms with van der Waals surface area (Å²) in [6, 6.07) is 0.545. The molecule has 2 amide bonds. The fourth-order valence-corrected chi connectivity index (χ4v) is 4.88. The minimum Gasteiger partial charge on any atom is -0.444 e. The first-order chi connectivity index (χ1) is 14.9. The van der Waals surface area contributed by atoms with Gasteiger partial charge >= 0.3 is 6.09 Å². The third-order valence-corrected chi connectivity index (χ3v) is 6.90. The van der Waals surface area contributed by atoms with Gasteiger partial charge in [0, 0.05) is 43.0 Å². The normalized spacial score (nSPS) is 14.8. The van der Waals surface area contributed by atoms with Crippen LogP contribution in [0.2, 0.25) is 0 Å². The van der Waals surface area contributed by atoms with Crippen molar-refractivity contribution < 1.29 is 14.3 Å². The van der Waals surface area contributed by atoms with Crippen molar-refractivity contribution in [2.24, 2.45) is 0 Å². The minimum absolute atomic E-state index is 0.0189. The molecular formula is C25H45N3O3S. The van der Waals surface area contributed by atoms with Gasteiger partial charge in [0.15, 0.2) is 0 Å². The van der Waals surface area contributed by atoms with Gasteiger partial charge in [-0.2, -0.15) is 0 Å². The van der Waals surface area contributed by atoms with Crippen LogP contribution in [0.4, 0.5) is 9.80 Å². The Morgan fingerprint density at radius 3 is 2.38 bits per heavy atom. The second-order valence-electron chi connectivity index (χ2n) is 9.50. The van der Waals surface area contributed by atoms with Crippen LogP contribution in [-0.4, -0.2) is 52.6 Å². The molecule has 32 heavy (non-hydrogen) atoms. The molecule has 1 aliphatic rings. The van der Waals surface area contributed by atoms with Crippen molar-refractivity contribution in [2.75, 3.05) is 18.4 Å². The number of thiophene rings is 1. The third kappa shape index (κ3) is 8.07. The van der Waals surface area contributed by atoms with E-state index in [-0.39, 0.29) is 24.5 Å². The van der Waals surface area contributed by atoms with Gasteiger partial charge in [0.1, 0.15) is 5.60 Å². The molecule has 2 heterocycles. The number of ether oxygens (including phenoxy) is 1. The van der Waals surface area contributed by atoms with E-state index in [1.807, 2.05) is 48.5 Å². The molecule has 0 saturated carbocycles. The quantitative estimate of drug-likeness (QED) is 0.517. The summed E-state index contributed by atoms with van der Waals surface area (Å²) in [5, 5.41) is 4.04. The zero-order valence-electron chi connectivity index (χ0n) is 21.9. The van der Waals surface area contributed by atoms with Crippen molar-refractivity contribution in [3.8, 4) is 0 Å². The number of nitrogens with one attached hydrogen (secondary N) is 1. The van der Waals surface area contributed by atoms with E-state index in [9.17, 15) is 9.59 Å². The van der Waals surface area contributed by atoms with Gasteiger partial charge in [0.25, 0.3) is 0 Å². The Labute approximate surface area is 199 Å². The number of amides is 2. The van der Waals surface area contributed by atoms with Gasteiger partial charge in [0.05, 0.1) is 5.00 Å². The van der Waals surface area contributed by atoms with Crippen LogP contribution in [0.25, 0.3) is 0 Å². The lowest BCUT2D eigenvalue weighted by molar-refractivity contribution is -0.116. The highest BCUT2D eigenvalue weighted by molar-refractivity contribution is 7.16. The molecule has 6 nitrogen and oxygen atoms in total. The summed E-state index contributed by atoms with van der Waals surface area (Å²) in [6.07, 6.45) is 1.74. The van der Waals surface area contributed by atoms with Crippen molar-refractivity contribution in [2.45, 2.75) is 113 Å². The summed E-state index contributed by atoms with van der Waals surface area (Å²) < 4.78 is 5.53. The number of anilines is 1. The van der Waals surface area contributed by atoms with E-state index >= 15 is 0 Å². The average molecular weight is 468 g/mol. The summed E-state index contributed by atoms with van der Waals surface area (Å²) in [4.78, 5) is 30.7. The van der Waals surface area contributed by atoms with Crippen molar-refractivity contribution in [1.29, 1.82) is 0 Å². The highest BCUT2D eigenvalue weighted by atomic mass is 32.1. The Bertz CT molecular complexity index is 752. The molecule has 0 saturated heterocycles. The molecule has 1 aliphatic heterocycles. The Morgan fingerprint density at radius 1 is 1.22 bits per heavy atom. The molecule has 1 aromatic heterocycles. The predicted octanol–water partition coefficient (Wildman–Crippen LogP) is 6.21. The molecule has 0 fully saturated rings. The predicted molar refractivity (Wildman–Crippen MR) is 136 cm³/mol. The Hall–Kier alpha value is -1.60. The molecule has 0 aliphatic carbocycles. The maximum Gasteiger partial charge on any atom is 0.410 e. The second kappa shape index (κ2) is 12.6. The Balaban J connectivity index is 0.00000249. The number of carbonyl (C=O) groups is 2. The number of carbonyl (C=O) groups excluding carboxylic acids is 2. The summed E-state index contributed by atoms with van der Waals surface area (Å²) in [7, 11) is 0. The smallest absolute Gasteiger partial charge is 0.410 e. The van der Waals surface area contributed by atoms with Crippen molar-refractivity contribution >= 4 is 28.3 Å². The number of rotatable bonds is 7. The van der Waals surface area contributed by atoms with Crippen molar-refractivity contribution in [3.05, 3.63) is 16.0 Å². The van der Waals surface area contributed by atoms with Crippen LogP contribution < -0.4 is 5.32 Å². The topological polar surface area (TPSA) is 61.9 Å². The lowest BCUT2D eigenvalue weighted by atomic mass is 10.0. The molecule has 0 spiro atoms. The summed E-state index contributed by atoms with van der Waals surface area (Å²) in [5.41, 5.74) is 2.03. The summed E-state index contributed by atoms with van der Waals surface area (Å²) in [6.45, 7) is 22.5. The number of fused-ring (bicyclic) bond motifs is 1. The van der Waals surface area contributed by atoms with Gasteiger partial charge in [-0.05, 0) is 72.4 Å². The highest BCUT2D eigenvalue weighted by Gasteiger charge is 2.27. The van der Waals surface area contributed by atoms with Crippen LogP contribution in [0.1, 0.15) is 91.2 Å². The van der Waals surface area contributed by atoms with E-state index in [2.05, 4.69) is 31.0 Å². The monoisotopic (exact) mass is 467 g/mol. The molecule has 1 N–H and O–H groups in total. The van der Waals surface area contributed by atoms with Crippen molar-refractivity contribution in [3.63, 3.8) is 0 Å². The van der Waals surface area contributed by atoms with Crippen LogP contribution in [0, 0.1) is 6.92 Å². The van der Waals surface area contributed by atoms with Gasteiger partial charge in [-0.1, -0.05) is 20.8 Å². The van der Waals surface area contributed by atoms with Crippen LogP contribution in [0.5, 0.6) is 0 Å². The molecule has 184 valence electrons. The zero-order valence-corrected chi connectivity index (χ0v) is 22.7. The van der Waals surface area contributed by atoms with Gasteiger partial charge in [-0.15, -0.1) is 11.3 Å². The third-order valence-electron chi connectivity index (χ3n) is 5.66. The highest BCUT2D eigenvalue weighted by Crippen LogP contribution is 2.37. The van der Waals surface area contributed by atoms with Gasteiger partial charge in [0.2, 0.25) is 5.91 Å². The summed E-state index contributed by atoms with van der Waals surface area (Å²) >= 11 is 1.69. The van der Waals surface area contributed by atoms with Crippen LogP contribution >= 0.6 is 11.3 Å². The lowest BCUT2D eigenvalue weighted by Crippen LogP contribution is -2.43. The van der Waals surface area contributed by atoms with Crippen LogP contribution in [0.15, 0.2) is 0 Å². The van der Waals surface area contributed by atoms with E-state index in [1.165, 1.54) is 16.0 Å². The number of hydrogen-bond acceptors (Lipinski definition) is 5. The van der Waals surface area contributed by atoms with Crippen molar-refractivity contribution in [1.82, 2.24) is 9.80 Å². The van der Waals surface area contributed by atoms with E-state index in [1.54, 1.807) is 16.2 Å². The first kappa shape index (κ1) is 28.4. The standard InChI is InChI=1S/C23H39N3O3S.C2H6/c1-9-16(4)26(22(28)29-23(6,7)8)13-11-20(27)24-21-17(5)18-10-12-25(15(2)3)14-19(18)30-21;1-2/h15-16H,9-14H2,1-8H3,(H,24,27);1-2H3. The van der Waals surface area contributed by atoms with Crippen LogP contribution in [0.3, 0.4) is 0 Å². The molecule has 1 unspecified atom stereocenters. The Kier molecular flexibility index (Phi) is 11.2. The molecule has 0 bridgehead atoms. The van der Waals surface area contributed by atoms with Gasteiger partial charge in [-0.25, -0.2) is 4.79 Å². The second-order valence-corrected chi connectivity index (χ2v) is 10.6. The molecule has 1 atom stereocenters. The minimum atomic E-state index is -0.553. The largest absolute Gasteiger partial charge is 0.444 e. The zero-order chi connectivity index (χ0) is 24.6. The molecule has 0 aromatic carbocycles. The van der Waals surface area contributed by atoms with E-state index in [4.69, 9.17) is 4.74 Å². The summed E-state index contributed by atoms with van der Waals surface area (Å²) in [5.74, 6) is -0.0609. The molecule has 1 aromatic rings. The van der Waals surface area contributed by atoms with Gasteiger partial charge < -0.3 is 15.0 Å². The fourth-order valence-electron chi connectivity index (χ4n) is 3.58. The molecule has 7 heteroatoms. The maximum atomic E-state index is 12.7. The fraction of sp³-hybridized carbons (Fsp3) is 0.760. The molecular weight excluding hydrogens is 422 g/mol. The van der Waals surface area contributed by atoms with E-state index in [0.717, 1.165) is 30.9 Å². The lowest BCUT2D eigenvalue weighted by Gasteiger charge is -2.31. The van der Waals surface area contributed by atoms with Gasteiger partial charge in [-0.3, -0.25) is 9.69 Å². The average Bonchev–Trinajstić information content (AvgIpc) is 3.02.